The van der Waals surface area contributed by atoms with Gasteiger partial charge in [-0.05, 0) is 23.3 Å². The zero-order valence-corrected chi connectivity index (χ0v) is 10.8. The van der Waals surface area contributed by atoms with Gasteiger partial charge in [-0.25, -0.2) is 0 Å². The van der Waals surface area contributed by atoms with E-state index in [4.69, 9.17) is 11.6 Å². The van der Waals surface area contributed by atoms with Gasteiger partial charge in [0.2, 0.25) is 0 Å². The average Bonchev–Trinajstić information content (AvgIpc) is 2.40. The number of alkyl halides is 3. The minimum absolute atomic E-state index is 0.213. The van der Waals surface area contributed by atoms with Crippen molar-refractivity contribution in [3.05, 3.63) is 64.7 Å². The molecule has 0 bridgehead atoms. The fourth-order valence-electron chi connectivity index (χ4n) is 1.72. The van der Waals surface area contributed by atoms with E-state index in [0.717, 1.165) is 6.07 Å². The van der Waals surface area contributed by atoms with E-state index in [1.807, 2.05) is 0 Å². The van der Waals surface area contributed by atoms with Crippen LogP contribution in [0.3, 0.4) is 0 Å². The summed E-state index contributed by atoms with van der Waals surface area (Å²) in [7, 11) is 0. The number of aliphatic hydroxyl groups is 1. The smallest absolute Gasteiger partial charge is 0.404 e. The number of aliphatic hydroxyl groups excluding tert-OH is 1. The molecule has 0 aliphatic heterocycles. The molecule has 0 aromatic heterocycles. The van der Waals surface area contributed by atoms with Crippen LogP contribution in [0, 0.1) is 0 Å². The first-order chi connectivity index (χ1) is 9.37. The molecular formula is C14H10ClF3O2. The first-order valence-corrected chi connectivity index (χ1v) is 6.03. The average molecular weight is 303 g/mol. The summed E-state index contributed by atoms with van der Waals surface area (Å²) in [5.74, 6) is -0.497. The normalized spacial score (nSPS) is 13.1. The van der Waals surface area contributed by atoms with Crippen LogP contribution in [0.25, 0.3) is 0 Å². The third kappa shape index (κ3) is 3.65. The molecular weight excluding hydrogens is 293 g/mol. The zero-order valence-electron chi connectivity index (χ0n) is 10.1. The first kappa shape index (κ1) is 14.7. The lowest BCUT2D eigenvalue weighted by Gasteiger charge is -2.14. The Bertz CT molecular complexity index is 585. The van der Waals surface area contributed by atoms with Gasteiger partial charge in [-0.15, -0.1) is 13.2 Å². The highest BCUT2D eigenvalue weighted by atomic mass is 35.5. The molecule has 1 unspecified atom stereocenters. The summed E-state index contributed by atoms with van der Waals surface area (Å²) in [4.78, 5) is 0. The minimum Gasteiger partial charge on any atom is -0.404 e. The van der Waals surface area contributed by atoms with Crippen molar-refractivity contribution < 1.29 is 23.0 Å². The third-order valence-electron chi connectivity index (χ3n) is 2.61. The maximum atomic E-state index is 12.1. The molecule has 2 aromatic carbocycles. The van der Waals surface area contributed by atoms with Gasteiger partial charge in [0.25, 0.3) is 0 Å². The van der Waals surface area contributed by atoms with E-state index >= 15 is 0 Å². The molecule has 2 aromatic rings. The van der Waals surface area contributed by atoms with Gasteiger partial charge in [-0.2, -0.15) is 0 Å². The van der Waals surface area contributed by atoms with Crippen LogP contribution < -0.4 is 4.74 Å². The molecule has 0 radical (unpaired) electrons. The van der Waals surface area contributed by atoms with Crippen molar-refractivity contribution in [3.63, 3.8) is 0 Å². The molecule has 0 amide bonds. The van der Waals surface area contributed by atoms with E-state index in [1.54, 1.807) is 30.3 Å². The number of hydrogen-bond acceptors (Lipinski definition) is 2. The van der Waals surface area contributed by atoms with Gasteiger partial charge >= 0.3 is 6.36 Å². The fourth-order valence-corrected chi connectivity index (χ4v) is 1.95. The summed E-state index contributed by atoms with van der Waals surface area (Å²) in [5.41, 5.74) is 1.00. The second-order valence-corrected chi connectivity index (χ2v) is 4.46. The Kier molecular flexibility index (Phi) is 4.20. The van der Waals surface area contributed by atoms with E-state index < -0.39 is 18.2 Å². The van der Waals surface area contributed by atoms with Crippen molar-refractivity contribution in [3.8, 4) is 5.75 Å². The summed E-state index contributed by atoms with van der Waals surface area (Å²) in [6.07, 6.45) is -5.77. The van der Waals surface area contributed by atoms with Crippen molar-refractivity contribution in [2.24, 2.45) is 0 Å². The monoisotopic (exact) mass is 302 g/mol. The molecule has 0 saturated carbocycles. The molecule has 6 heteroatoms. The lowest BCUT2D eigenvalue weighted by atomic mass is 10.0. The van der Waals surface area contributed by atoms with Crippen LogP contribution in [-0.2, 0) is 0 Å². The Morgan fingerprint density at radius 2 is 1.65 bits per heavy atom. The number of hydrogen-bond donors (Lipinski definition) is 1. The summed E-state index contributed by atoms with van der Waals surface area (Å²) < 4.78 is 40.1. The lowest BCUT2D eigenvalue weighted by Crippen LogP contribution is -2.17. The predicted octanol–water partition coefficient (Wildman–Crippen LogP) is 4.32. The molecule has 0 fully saturated rings. The predicted molar refractivity (Wildman–Crippen MR) is 68.6 cm³/mol. The molecule has 2 rings (SSSR count). The molecule has 106 valence electrons. The summed E-state index contributed by atoms with van der Waals surface area (Å²) >= 11 is 5.73. The van der Waals surface area contributed by atoms with E-state index in [1.165, 1.54) is 12.1 Å². The van der Waals surface area contributed by atoms with Crippen molar-refractivity contribution >= 4 is 11.6 Å². The van der Waals surface area contributed by atoms with E-state index in [0.29, 0.717) is 11.1 Å². The van der Waals surface area contributed by atoms with Gasteiger partial charge in [0.1, 0.15) is 11.9 Å². The van der Waals surface area contributed by atoms with Gasteiger partial charge < -0.3 is 9.84 Å². The van der Waals surface area contributed by atoms with Crippen LogP contribution in [0.2, 0.25) is 5.02 Å². The van der Waals surface area contributed by atoms with Crippen LogP contribution in [-0.4, -0.2) is 11.5 Å². The second-order valence-electron chi connectivity index (χ2n) is 4.05. The molecule has 0 aliphatic rings. The van der Waals surface area contributed by atoms with Crippen LogP contribution in [0.15, 0.2) is 48.5 Å². The second kappa shape index (κ2) is 5.73. The molecule has 0 saturated heterocycles. The molecule has 1 N–H and O–H groups in total. The van der Waals surface area contributed by atoms with Crippen LogP contribution >= 0.6 is 11.6 Å². The first-order valence-electron chi connectivity index (χ1n) is 5.65. The zero-order chi connectivity index (χ0) is 14.8. The van der Waals surface area contributed by atoms with Crippen LogP contribution in [0.4, 0.5) is 13.2 Å². The fraction of sp³-hybridized carbons (Fsp3) is 0.143. The summed E-state index contributed by atoms with van der Waals surface area (Å²) in [5, 5.41) is 9.90. The Balaban J connectivity index is 2.25. The highest BCUT2D eigenvalue weighted by molar-refractivity contribution is 6.32. The van der Waals surface area contributed by atoms with Crippen LogP contribution in [0.5, 0.6) is 5.75 Å². The van der Waals surface area contributed by atoms with E-state index in [-0.39, 0.29) is 5.02 Å². The molecule has 0 spiro atoms. The Labute approximate surface area is 118 Å². The van der Waals surface area contributed by atoms with Crippen molar-refractivity contribution in [1.29, 1.82) is 0 Å². The number of ether oxygens (including phenoxy) is 1. The highest BCUT2D eigenvalue weighted by Gasteiger charge is 2.32. The Hall–Kier alpha value is -1.72. The number of benzene rings is 2. The molecule has 2 nitrogen and oxygen atoms in total. The van der Waals surface area contributed by atoms with Crippen molar-refractivity contribution in [2.75, 3.05) is 0 Å². The maximum Gasteiger partial charge on any atom is 0.573 e. The molecule has 20 heavy (non-hydrogen) atoms. The van der Waals surface area contributed by atoms with Crippen LogP contribution in [0.1, 0.15) is 17.2 Å². The standard InChI is InChI=1S/C14H10ClF3O2/c15-11-8-10(6-7-12(11)20-14(16,17)18)13(19)9-4-2-1-3-5-9/h1-8,13,19H. The van der Waals surface area contributed by atoms with E-state index in [2.05, 4.69) is 4.74 Å². The van der Waals surface area contributed by atoms with Gasteiger partial charge in [0, 0.05) is 0 Å². The van der Waals surface area contributed by atoms with Gasteiger partial charge in [-0.3, -0.25) is 0 Å². The largest absolute Gasteiger partial charge is 0.573 e. The topological polar surface area (TPSA) is 29.5 Å². The molecule has 1 atom stereocenters. The maximum absolute atomic E-state index is 12.1. The van der Waals surface area contributed by atoms with Gasteiger partial charge in [-0.1, -0.05) is 48.0 Å². The lowest BCUT2D eigenvalue weighted by molar-refractivity contribution is -0.274. The van der Waals surface area contributed by atoms with E-state index in [9.17, 15) is 18.3 Å². The Morgan fingerprint density at radius 1 is 1.00 bits per heavy atom. The Morgan fingerprint density at radius 3 is 2.20 bits per heavy atom. The van der Waals surface area contributed by atoms with Crippen molar-refractivity contribution in [2.45, 2.75) is 12.5 Å². The quantitative estimate of drug-likeness (QED) is 0.915. The SMILES string of the molecule is OC(c1ccccc1)c1ccc(OC(F)(F)F)c(Cl)c1. The minimum atomic E-state index is -4.80. The summed E-state index contributed by atoms with van der Waals surface area (Å²) in [6.45, 7) is 0. The van der Waals surface area contributed by atoms with Gasteiger partial charge in [0.05, 0.1) is 5.02 Å². The third-order valence-corrected chi connectivity index (χ3v) is 2.91. The van der Waals surface area contributed by atoms with Gasteiger partial charge in [0.15, 0.2) is 0 Å². The number of halogens is 4. The molecule has 0 heterocycles. The summed E-state index contributed by atoms with van der Waals surface area (Å²) in [6, 6.07) is 12.4. The highest BCUT2D eigenvalue weighted by Crippen LogP contribution is 2.33. The molecule has 0 aliphatic carbocycles. The number of rotatable bonds is 3. The van der Waals surface area contributed by atoms with Crippen molar-refractivity contribution in [1.82, 2.24) is 0 Å².